The van der Waals surface area contributed by atoms with Crippen LogP contribution in [0, 0.1) is 12.7 Å². The second-order valence-corrected chi connectivity index (χ2v) is 5.87. The van der Waals surface area contributed by atoms with Crippen molar-refractivity contribution in [3.63, 3.8) is 0 Å². The van der Waals surface area contributed by atoms with Crippen molar-refractivity contribution in [1.82, 2.24) is 4.98 Å². The van der Waals surface area contributed by atoms with Crippen LogP contribution in [0.5, 0.6) is 0 Å². The van der Waals surface area contributed by atoms with E-state index in [2.05, 4.69) is 22.9 Å². The fourth-order valence-corrected chi connectivity index (χ4v) is 2.89. The zero-order valence-electron chi connectivity index (χ0n) is 12.6. The van der Waals surface area contributed by atoms with E-state index >= 15 is 0 Å². The summed E-state index contributed by atoms with van der Waals surface area (Å²) in [4.78, 5) is 28.7. The lowest BCUT2D eigenvalue weighted by Crippen LogP contribution is -2.24. The van der Waals surface area contributed by atoms with Crippen molar-refractivity contribution in [1.29, 1.82) is 0 Å². The lowest BCUT2D eigenvalue weighted by molar-refractivity contribution is -0.112. The number of nitrogens with one attached hydrogen (secondary N) is 1. The van der Waals surface area contributed by atoms with Gasteiger partial charge in [-0.05, 0) is 49.1 Å². The number of thioether (sulfide) groups is 1. The van der Waals surface area contributed by atoms with Crippen LogP contribution in [0.25, 0.3) is 0 Å². The lowest BCUT2D eigenvalue weighted by Gasteiger charge is -2.13. The summed E-state index contributed by atoms with van der Waals surface area (Å²) < 4.78 is 12.9. The highest BCUT2D eigenvalue weighted by atomic mass is 32.2. The zero-order valence-corrected chi connectivity index (χ0v) is 14.3. The third kappa shape index (κ3) is 4.11. The van der Waals surface area contributed by atoms with E-state index in [1.165, 1.54) is 23.9 Å². The Morgan fingerprint density at radius 3 is 2.52 bits per heavy atom. The Morgan fingerprint density at radius 1 is 1.30 bits per heavy atom. The number of pyridine rings is 1. The van der Waals surface area contributed by atoms with Crippen molar-refractivity contribution in [3.05, 3.63) is 53.0 Å². The summed E-state index contributed by atoms with van der Waals surface area (Å²) in [5.41, 5.74) is 2.20. The third-order valence-corrected chi connectivity index (χ3v) is 4.13. The largest absolute Gasteiger partial charge is 0.317 e. The second kappa shape index (κ2) is 7.61. The molecule has 0 radical (unpaired) electrons. The van der Waals surface area contributed by atoms with Gasteiger partial charge in [-0.2, -0.15) is 12.6 Å². The van der Waals surface area contributed by atoms with Crippen LogP contribution in [0.15, 0.2) is 35.4 Å². The van der Waals surface area contributed by atoms with Gasteiger partial charge in [0.1, 0.15) is 10.8 Å². The first kappa shape index (κ1) is 17.5. The molecule has 2 rings (SSSR count). The van der Waals surface area contributed by atoms with Crippen LogP contribution < -0.4 is 5.32 Å². The molecule has 1 aromatic heterocycles. The van der Waals surface area contributed by atoms with Crippen LogP contribution in [-0.2, 0) is 10.5 Å². The summed E-state index contributed by atoms with van der Waals surface area (Å²) in [5.74, 6) is -1.59. The first-order valence-electron chi connectivity index (χ1n) is 6.73. The Hall–Kier alpha value is -1.86. The number of aromatic nitrogens is 1. The highest BCUT2D eigenvalue weighted by Gasteiger charge is 2.20. The molecule has 0 bridgehead atoms. The number of aryl methyl sites for hydroxylation is 1. The van der Waals surface area contributed by atoms with Gasteiger partial charge in [0.2, 0.25) is 0 Å². The van der Waals surface area contributed by atoms with E-state index in [0.29, 0.717) is 16.5 Å². The van der Waals surface area contributed by atoms with E-state index in [1.807, 2.05) is 19.2 Å². The van der Waals surface area contributed by atoms with Crippen LogP contribution >= 0.6 is 24.4 Å². The van der Waals surface area contributed by atoms with Crippen molar-refractivity contribution >= 4 is 41.8 Å². The average molecular weight is 350 g/mol. The first-order chi connectivity index (χ1) is 11.0. The molecule has 7 heteroatoms. The van der Waals surface area contributed by atoms with Gasteiger partial charge in [-0.1, -0.05) is 0 Å². The quantitative estimate of drug-likeness (QED) is 0.375. The molecule has 23 heavy (non-hydrogen) atoms. The predicted octanol–water partition coefficient (Wildman–Crippen LogP) is 3.50. The molecular weight excluding hydrogens is 335 g/mol. The smallest absolute Gasteiger partial charge is 0.296 e. The van der Waals surface area contributed by atoms with Gasteiger partial charge in [0, 0.05) is 17.0 Å². The van der Waals surface area contributed by atoms with Crippen LogP contribution in [0.2, 0.25) is 0 Å². The molecular formula is C16H15FN2O2S2. The summed E-state index contributed by atoms with van der Waals surface area (Å²) >= 11 is 5.62. The van der Waals surface area contributed by atoms with Gasteiger partial charge < -0.3 is 5.32 Å². The number of hydrogen-bond donors (Lipinski definition) is 2. The van der Waals surface area contributed by atoms with Gasteiger partial charge in [-0.15, -0.1) is 11.8 Å². The normalized spacial score (nSPS) is 10.4. The number of rotatable bonds is 5. The number of thiol groups is 1. The Morgan fingerprint density at radius 2 is 1.96 bits per heavy atom. The Kier molecular flexibility index (Phi) is 5.79. The molecule has 0 spiro atoms. The highest BCUT2D eigenvalue weighted by molar-refractivity contribution is 7.98. The minimum absolute atomic E-state index is 0.127. The topological polar surface area (TPSA) is 59.1 Å². The van der Waals surface area contributed by atoms with Gasteiger partial charge >= 0.3 is 0 Å². The van der Waals surface area contributed by atoms with E-state index in [1.54, 1.807) is 0 Å². The number of carbonyl (C=O) groups is 2. The van der Waals surface area contributed by atoms with Crippen LogP contribution in [0.3, 0.4) is 0 Å². The monoisotopic (exact) mass is 350 g/mol. The SMILES string of the molecule is CSc1nc(C)cc(CS)c1NC(=O)C(=O)c1ccc(F)cc1. The summed E-state index contributed by atoms with van der Waals surface area (Å²) in [6, 6.07) is 6.64. The van der Waals surface area contributed by atoms with Crippen molar-refractivity contribution in [2.24, 2.45) is 0 Å². The molecule has 0 aliphatic rings. The summed E-state index contributed by atoms with van der Waals surface area (Å²) in [6.45, 7) is 1.85. The highest BCUT2D eigenvalue weighted by Crippen LogP contribution is 2.29. The molecule has 1 amide bonds. The van der Waals surface area contributed by atoms with E-state index in [9.17, 15) is 14.0 Å². The molecule has 0 atom stereocenters. The molecule has 0 aliphatic heterocycles. The van der Waals surface area contributed by atoms with E-state index < -0.39 is 17.5 Å². The molecule has 1 N–H and O–H groups in total. The van der Waals surface area contributed by atoms with Crippen LogP contribution in [-0.4, -0.2) is 22.9 Å². The van der Waals surface area contributed by atoms with E-state index in [0.717, 1.165) is 23.4 Å². The maximum absolute atomic E-state index is 12.9. The molecule has 0 fully saturated rings. The molecule has 1 heterocycles. The summed E-state index contributed by atoms with van der Waals surface area (Å²) in [6.07, 6.45) is 1.83. The molecule has 0 unspecified atom stereocenters. The lowest BCUT2D eigenvalue weighted by atomic mass is 10.1. The predicted molar refractivity (Wildman–Crippen MR) is 92.8 cm³/mol. The molecule has 0 aliphatic carbocycles. The maximum Gasteiger partial charge on any atom is 0.296 e. The van der Waals surface area contributed by atoms with E-state index in [4.69, 9.17) is 0 Å². The van der Waals surface area contributed by atoms with Crippen LogP contribution in [0.1, 0.15) is 21.6 Å². The van der Waals surface area contributed by atoms with Gasteiger partial charge in [0.25, 0.3) is 11.7 Å². The first-order valence-corrected chi connectivity index (χ1v) is 8.58. The molecule has 0 saturated carbocycles. The summed E-state index contributed by atoms with van der Waals surface area (Å²) in [5, 5.41) is 3.23. The average Bonchev–Trinajstić information content (AvgIpc) is 2.55. The van der Waals surface area contributed by atoms with Crippen LogP contribution in [0.4, 0.5) is 10.1 Å². The van der Waals surface area contributed by atoms with Gasteiger partial charge in [0.05, 0.1) is 5.69 Å². The van der Waals surface area contributed by atoms with Crippen molar-refractivity contribution < 1.29 is 14.0 Å². The van der Waals surface area contributed by atoms with Crippen molar-refractivity contribution in [2.75, 3.05) is 11.6 Å². The van der Waals surface area contributed by atoms with Crippen molar-refractivity contribution in [2.45, 2.75) is 17.7 Å². The third-order valence-electron chi connectivity index (χ3n) is 3.11. The van der Waals surface area contributed by atoms with Gasteiger partial charge in [-0.3, -0.25) is 9.59 Å². The number of benzene rings is 1. The number of halogens is 1. The standard InChI is InChI=1S/C16H15FN2O2S2/c1-9-7-11(8-22)13(16(18-9)23-2)19-15(21)14(20)10-3-5-12(17)6-4-10/h3-7,22H,8H2,1-2H3,(H,19,21). The molecule has 4 nitrogen and oxygen atoms in total. The Bertz CT molecular complexity index is 723. The number of amides is 1. The minimum Gasteiger partial charge on any atom is -0.317 e. The Balaban J connectivity index is 2.29. The number of ketones is 1. The summed E-state index contributed by atoms with van der Waals surface area (Å²) in [7, 11) is 0. The fourth-order valence-electron chi connectivity index (χ4n) is 2.02. The number of carbonyl (C=O) groups excluding carboxylic acids is 2. The minimum atomic E-state index is -0.791. The number of nitrogens with zero attached hydrogens (tertiary/aromatic N) is 1. The molecule has 0 saturated heterocycles. The zero-order chi connectivity index (χ0) is 17.0. The van der Waals surface area contributed by atoms with Gasteiger partial charge in [0.15, 0.2) is 0 Å². The number of Topliss-reactive ketones (excluding diaryl/α,β-unsaturated/α-hetero) is 1. The van der Waals surface area contributed by atoms with Crippen molar-refractivity contribution in [3.8, 4) is 0 Å². The van der Waals surface area contributed by atoms with Gasteiger partial charge in [-0.25, -0.2) is 9.37 Å². The second-order valence-electron chi connectivity index (χ2n) is 4.76. The number of hydrogen-bond acceptors (Lipinski definition) is 5. The number of anilines is 1. The Labute approximate surface area is 143 Å². The fraction of sp³-hybridized carbons (Fsp3) is 0.188. The molecule has 120 valence electrons. The maximum atomic E-state index is 12.9. The molecule has 2 aromatic rings. The van der Waals surface area contributed by atoms with E-state index in [-0.39, 0.29) is 5.56 Å². The molecule has 1 aromatic carbocycles.